The molecule has 2 aliphatic heterocycles. The fourth-order valence-electron chi connectivity index (χ4n) is 4.28. The summed E-state index contributed by atoms with van der Waals surface area (Å²) in [5.74, 6) is 1.87. The van der Waals surface area contributed by atoms with Crippen LogP contribution in [-0.2, 0) is 5.41 Å². The molecule has 2 aromatic carbocycles. The van der Waals surface area contributed by atoms with Gasteiger partial charge in [0.2, 0.25) is 0 Å². The van der Waals surface area contributed by atoms with Crippen LogP contribution in [0.3, 0.4) is 0 Å². The van der Waals surface area contributed by atoms with Gasteiger partial charge in [-0.15, -0.1) is 0 Å². The van der Waals surface area contributed by atoms with E-state index in [1.165, 1.54) is 16.8 Å². The third-order valence-electron chi connectivity index (χ3n) is 5.39. The molecule has 0 aliphatic carbocycles. The van der Waals surface area contributed by atoms with E-state index in [-0.39, 0.29) is 11.6 Å². The van der Waals surface area contributed by atoms with Crippen molar-refractivity contribution in [2.45, 2.75) is 32.4 Å². The lowest BCUT2D eigenvalue weighted by atomic mass is 9.83. The minimum absolute atomic E-state index is 0.0543. The van der Waals surface area contributed by atoms with Crippen LogP contribution in [0.5, 0.6) is 0 Å². The van der Waals surface area contributed by atoms with Gasteiger partial charge in [-0.3, -0.25) is 0 Å². The molecule has 3 aromatic rings. The number of aryl methyl sites for hydroxylation is 1. The fraction of sp³-hybridized carbons (Fsp3) is 0.238. The lowest BCUT2D eigenvalue weighted by Crippen LogP contribution is -2.46. The molecule has 0 bridgehead atoms. The van der Waals surface area contributed by atoms with Crippen molar-refractivity contribution in [2.75, 3.05) is 9.80 Å². The highest BCUT2D eigenvalue weighted by Gasteiger charge is 2.54. The van der Waals surface area contributed by atoms with Crippen LogP contribution in [0.4, 0.5) is 23.0 Å². The molecule has 0 N–H and O–H groups in total. The molecule has 0 spiro atoms. The summed E-state index contributed by atoms with van der Waals surface area (Å²) in [6.45, 7) is 6.77. The minimum atomic E-state index is -0.0543. The van der Waals surface area contributed by atoms with Gasteiger partial charge >= 0.3 is 0 Å². The summed E-state index contributed by atoms with van der Waals surface area (Å²) in [5.41, 5.74) is 4.96. The molecule has 0 saturated heterocycles. The second kappa shape index (κ2) is 4.82. The molecule has 4 nitrogen and oxygen atoms in total. The second-order valence-corrected chi connectivity index (χ2v) is 7.40. The molecule has 3 heterocycles. The smallest absolute Gasteiger partial charge is 0.178 e. The van der Waals surface area contributed by atoms with E-state index in [1.807, 2.05) is 6.07 Å². The van der Waals surface area contributed by atoms with Gasteiger partial charge in [-0.25, -0.2) is 9.97 Å². The number of rotatable bonds is 1. The first-order chi connectivity index (χ1) is 12.1. The Balaban J connectivity index is 1.80. The summed E-state index contributed by atoms with van der Waals surface area (Å²) in [7, 11) is 0. The van der Waals surface area contributed by atoms with E-state index in [0.29, 0.717) is 0 Å². The summed E-state index contributed by atoms with van der Waals surface area (Å²) in [4.78, 5) is 14.1. The summed E-state index contributed by atoms with van der Waals surface area (Å²) < 4.78 is 0. The van der Waals surface area contributed by atoms with Crippen LogP contribution in [0.2, 0.25) is 0 Å². The van der Waals surface area contributed by atoms with Crippen molar-refractivity contribution in [3.05, 3.63) is 72.1 Å². The molecule has 1 aromatic heterocycles. The van der Waals surface area contributed by atoms with Crippen molar-refractivity contribution >= 4 is 23.0 Å². The highest BCUT2D eigenvalue weighted by Crippen LogP contribution is 2.57. The van der Waals surface area contributed by atoms with Crippen LogP contribution in [0.1, 0.15) is 25.0 Å². The highest BCUT2D eigenvalue weighted by atomic mass is 15.5. The van der Waals surface area contributed by atoms with E-state index < -0.39 is 0 Å². The number of aromatic nitrogens is 2. The molecule has 0 amide bonds. The summed E-state index contributed by atoms with van der Waals surface area (Å²) in [6.07, 6.45) is 3.69. The molecule has 1 unspecified atom stereocenters. The van der Waals surface area contributed by atoms with E-state index >= 15 is 0 Å². The number of anilines is 4. The van der Waals surface area contributed by atoms with Crippen molar-refractivity contribution in [2.24, 2.45) is 0 Å². The molecule has 5 rings (SSSR count). The van der Waals surface area contributed by atoms with Crippen LogP contribution in [0.25, 0.3) is 0 Å². The predicted molar refractivity (Wildman–Crippen MR) is 101 cm³/mol. The van der Waals surface area contributed by atoms with E-state index in [2.05, 4.69) is 78.0 Å². The lowest BCUT2D eigenvalue weighted by molar-refractivity contribution is 0.449. The van der Waals surface area contributed by atoms with Crippen LogP contribution in [0, 0.1) is 6.92 Å². The van der Waals surface area contributed by atoms with Crippen molar-refractivity contribution in [1.29, 1.82) is 0 Å². The normalized spacial score (nSPS) is 19.6. The number of benzene rings is 2. The fourth-order valence-corrected chi connectivity index (χ4v) is 4.28. The topological polar surface area (TPSA) is 32.3 Å². The van der Waals surface area contributed by atoms with Gasteiger partial charge in [0, 0.05) is 29.2 Å². The molecular weight excluding hydrogens is 308 g/mol. The monoisotopic (exact) mass is 328 g/mol. The minimum Gasteiger partial charge on any atom is -0.301 e. The molecule has 124 valence electrons. The van der Waals surface area contributed by atoms with Gasteiger partial charge in [0.25, 0.3) is 0 Å². The standard InChI is InChI=1S/C21H20N4/c1-14-9-10-16-17(13-14)25-19-18(22-11-12-23-19)24(20(25)21(16,2)3)15-7-5-4-6-8-15/h4-13,20H,1-3H3. The molecule has 1 atom stereocenters. The Morgan fingerprint density at radius 3 is 2.28 bits per heavy atom. The quantitative estimate of drug-likeness (QED) is 0.648. The maximum atomic E-state index is 4.69. The Bertz CT molecular complexity index is 965. The number of nitrogens with zero attached hydrogens (tertiary/aromatic N) is 4. The van der Waals surface area contributed by atoms with E-state index in [4.69, 9.17) is 4.98 Å². The molecule has 4 heteroatoms. The predicted octanol–water partition coefficient (Wildman–Crippen LogP) is 4.69. The Morgan fingerprint density at radius 2 is 1.56 bits per heavy atom. The Labute approximate surface area is 147 Å². The van der Waals surface area contributed by atoms with Gasteiger partial charge in [0.1, 0.15) is 6.17 Å². The van der Waals surface area contributed by atoms with Crippen LogP contribution < -0.4 is 9.80 Å². The largest absolute Gasteiger partial charge is 0.301 e. The molecule has 0 saturated carbocycles. The van der Waals surface area contributed by atoms with Crippen LogP contribution in [0.15, 0.2) is 60.9 Å². The number of hydrogen-bond donors (Lipinski definition) is 0. The zero-order valence-corrected chi connectivity index (χ0v) is 14.6. The number of para-hydroxylation sites is 1. The molecule has 0 fully saturated rings. The van der Waals surface area contributed by atoms with Crippen molar-refractivity contribution in [3.8, 4) is 0 Å². The maximum absolute atomic E-state index is 4.69. The molecular formula is C21H20N4. The zero-order chi connectivity index (χ0) is 17.2. The summed E-state index contributed by atoms with van der Waals surface area (Å²) >= 11 is 0. The molecule has 0 radical (unpaired) electrons. The third-order valence-corrected chi connectivity index (χ3v) is 5.39. The van der Waals surface area contributed by atoms with Gasteiger partial charge in [-0.1, -0.05) is 44.2 Å². The Hall–Kier alpha value is -2.88. The Kier molecular flexibility index (Phi) is 2.79. The van der Waals surface area contributed by atoms with E-state index in [1.54, 1.807) is 12.4 Å². The van der Waals surface area contributed by atoms with Crippen molar-refractivity contribution in [1.82, 2.24) is 9.97 Å². The zero-order valence-electron chi connectivity index (χ0n) is 14.6. The average molecular weight is 328 g/mol. The van der Waals surface area contributed by atoms with Crippen LogP contribution >= 0.6 is 0 Å². The van der Waals surface area contributed by atoms with E-state index in [0.717, 1.165) is 17.3 Å². The average Bonchev–Trinajstić information content (AvgIpc) is 3.08. The van der Waals surface area contributed by atoms with Gasteiger partial charge in [-0.2, -0.15) is 0 Å². The lowest BCUT2D eigenvalue weighted by Gasteiger charge is -2.36. The summed E-state index contributed by atoms with van der Waals surface area (Å²) in [6, 6.07) is 17.2. The van der Waals surface area contributed by atoms with Gasteiger partial charge in [-0.05, 0) is 36.2 Å². The first-order valence-electron chi connectivity index (χ1n) is 8.65. The number of hydrogen-bond acceptors (Lipinski definition) is 4. The van der Waals surface area contributed by atoms with Crippen LogP contribution in [-0.4, -0.2) is 16.1 Å². The highest BCUT2D eigenvalue weighted by molar-refractivity contribution is 5.88. The summed E-state index contributed by atoms with van der Waals surface area (Å²) in [5, 5.41) is 0. The maximum Gasteiger partial charge on any atom is 0.178 e. The van der Waals surface area contributed by atoms with Gasteiger partial charge < -0.3 is 9.80 Å². The van der Waals surface area contributed by atoms with E-state index in [9.17, 15) is 0 Å². The third kappa shape index (κ3) is 1.82. The van der Waals surface area contributed by atoms with Gasteiger partial charge in [0.15, 0.2) is 11.6 Å². The first kappa shape index (κ1) is 14.5. The van der Waals surface area contributed by atoms with Gasteiger partial charge in [0.05, 0.1) is 0 Å². The molecule has 2 aliphatic rings. The Morgan fingerprint density at radius 1 is 0.880 bits per heavy atom. The van der Waals surface area contributed by atoms with Crippen molar-refractivity contribution < 1.29 is 0 Å². The number of fused-ring (bicyclic) bond motifs is 5. The second-order valence-electron chi connectivity index (χ2n) is 7.40. The molecule has 25 heavy (non-hydrogen) atoms. The SMILES string of the molecule is Cc1ccc2c(c1)N1c3nccnc3N(c3ccccc3)C1C2(C)C. The van der Waals surface area contributed by atoms with Crippen molar-refractivity contribution in [3.63, 3.8) is 0 Å². The first-order valence-corrected chi connectivity index (χ1v) is 8.65.